The van der Waals surface area contributed by atoms with E-state index in [2.05, 4.69) is 69.3 Å². The van der Waals surface area contributed by atoms with Crippen molar-refractivity contribution in [3.8, 4) is 0 Å². The largest absolute Gasteiger partial charge is 0.494 e. The lowest BCUT2D eigenvalue weighted by atomic mass is 10.2. The number of hydrogen-bond donors (Lipinski definition) is 0. The van der Waals surface area contributed by atoms with Crippen LogP contribution in [0.4, 0.5) is 0 Å². The maximum absolute atomic E-state index is 13.6. The Morgan fingerprint density at radius 1 is 0.865 bits per heavy atom. The van der Waals surface area contributed by atoms with E-state index in [1.165, 1.54) is 10.4 Å². The van der Waals surface area contributed by atoms with E-state index in [9.17, 15) is 8.42 Å². The summed E-state index contributed by atoms with van der Waals surface area (Å²) in [4.78, 5) is 0.711. The van der Waals surface area contributed by atoms with Gasteiger partial charge in [0.05, 0.1) is 15.9 Å². The van der Waals surface area contributed by atoms with E-state index in [4.69, 9.17) is 9.16 Å². The standard InChI is InChI=1S/C31H38O4SSi/c1-5-15-29-30(36(32,33)26-16-9-6-10-17-26)23-22-25(24-34-29)35-37(31(2,3)4,27-18-11-7-12-19-27)28-20-13-8-14-21-28/h6-14,16-21,25H,5,15,22-24H2,1-4H3/t25-/m1/s1. The molecule has 1 aliphatic heterocycles. The highest BCUT2D eigenvalue weighted by Crippen LogP contribution is 2.39. The highest BCUT2D eigenvalue weighted by molar-refractivity contribution is 7.95. The van der Waals surface area contributed by atoms with Gasteiger partial charge in [0.2, 0.25) is 9.84 Å². The first-order valence-electron chi connectivity index (χ1n) is 13.1. The molecule has 1 heterocycles. The Labute approximate surface area is 223 Å². The summed E-state index contributed by atoms with van der Waals surface area (Å²) >= 11 is 0. The lowest BCUT2D eigenvalue weighted by Crippen LogP contribution is -2.68. The molecule has 0 saturated heterocycles. The van der Waals surface area contributed by atoms with E-state index in [1.54, 1.807) is 24.3 Å². The van der Waals surface area contributed by atoms with Crippen LogP contribution in [0.25, 0.3) is 0 Å². The smallest absolute Gasteiger partial charge is 0.261 e. The van der Waals surface area contributed by atoms with Crippen LogP contribution >= 0.6 is 0 Å². The summed E-state index contributed by atoms with van der Waals surface area (Å²) in [6.07, 6.45) is 2.15. The molecule has 1 atom stereocenters. The molecule has 196 valence electrons. The van der Waals surface area contributed by atoms with Crippen molar-refractivity contribution in [1.82, 2.24) is 0 Å². The highest BCUT2D eigenvalue weighted by atomic mass is 32.2. The molecule has 0 bridgehead atoms. The average Bonchev–Trinajstić information content (AvgIpc) is 3.11. The fraction of sp³-hybridized carbons (Fsp3) is 0.355. The number of allylic oxidation sites excluding steroid dienone is 2. The van der Waals surface area contributed by atoms with Crippen molar-refractivity contribution in [2.45, 2.75) is 69.4 Å². The zero-order valence-electron chi connectivity index (χ0n) is 22.3. The molecule has 1 aliphatic rings. The molecule has 0 N–H and O–H groups in total. The highest BCUT2D eigenvalue weighted by Gasteiger charge is 2.51. The van der Waals surface area contributed by atoms with Crippen LogP contribution in [0.15, 0.2) is 107 Å². The van der Waals surface area contributed by atoms with Gasteiger partial charge in [0.1, 0.15) is 12.4 Å². The monoisotopic (exact) mass is 534 g/mol. The van der Waals surface area contributed by atoms with E-state index in [1.807, 2.05) is 25.1 Å². The van der Waals surface area contributed by atoms with Gasteiger partial charge in [-0.25, -0.2) is 8.42 Å². The van der Waals surface area contributed by atoms with E-state index in [-0.39, 0.29) is 11.1 Å². The Kier molecular flexibility index (Phi) is 8.41. The molecule has 0 spiro atoms. The number of benzene rings is 3. The second kappa shape index (κ2) is 11.4. The van der Waals surface area contributed by atoms with Crippen LogP contribution < -0.4 is 10.4 Å². The van der Waals surface area contributed by atoms with Gasteiger partial charge in [-0.3, -0.25) is 0 Å². The lowest BCUT2D eigenvalue weighted by Gasteiger charge is -2.45. The van der Waals surface area contributed by atoms with Crippen molar-refractivity contribution >= 4 is 28.5 Å². The molecule has 4 rings (SSSR count). The quantitative estimate of drug-likeness (QED) is 0.322. The van der Waals surface area contributed by atoms with Gasteiger partial charge in [-0.2, -0.15) is 0 Å². The Morgan fingerprint density at radius 3 is 1.86 bits per heavy atom. The SMILES string of the molecule is CCCC1=C(S(=O)(=O)c2ccccc2)CC[C@@H](O[Si](c2ccccc2)(c2ccccc2)C(C)(C)C)CO1. The van der Waals surface area contributed by atoms with Crippen LogP contribution in [0.1, 0.15) is 53.4 Å². The molecular weight excluding hydrogens is 496 g/mol. The third-order valence-electron chi connectivity index (χ3n) is 7.06. The molecule has 37 heavy (non-hydrogen) atoms. The summed E-state index contributed by atoms with van der Waals surface area (Å²) in [5, 5.41) is 2.24. The molecule has 6 heteroatoms. The van der Waals surface area contributed by atoms with Crippen LogP contribution in [-0.2, 0) is 19.0 Å². The Balaban J connectivity index is 1.73. The summed E-state index contributed by atoms with van der Waals surface area (Å²) in [5.74, 6) is 0.583. The minimum Gasteiger partial charge on any atom is -0.494 e. The minimum absolute atomic E-state index is 0.166. The molecular formula is C31H38O4SSi. The summed E-state index contributed by atoms with van der Waals surface area (Å²) in [6.45, 7) is 9.15. The summed E-state index contributed by atoms with van der Waals surface area (Å²) in [7, 11) is -6.43. The van der Waals surface area contributed by atoms with Crippen molar-refractivity contribution in [3.05, 3.63) is 102 Å². The predicted molar refractivity (Wildman–Crippen MR) is 153 cm³/mol. The van der Waals surface area contributed by atoms with Gasteiger partial charge >= 0.3 is 0 Å². The second-order valence-corrected chi connectivity index (χ2v) is 16.9. The maximum Gasteiger partial charge on any atom is 0.261 e. The van der Waals surface area contributed by atoms with Crippen LogP contribution in [0.3, 0.4) is 0 Å². The van der Waals surface area contributed by atoms with Crippen LogP contribution in [0.2, 0.25) is 5.04 Å². The molecule has 0 amide bonds. The third kappa shape index (κ3) is 5.61. The molecule has 0 saturated carbocycles. The Hall–Kier alpha value is -2.67. The molecule has 3 aromatic rings. The van der Waals surface area contributed by atoms with Crippen molar-refractivity contribution in [2.24, 2.45) is 0 Å². The van der Waals surface area contributed by atoms with Crippen LogP contribution in [-0.4, -0.2) is 29.4 Å². The number of ether oxygens (including phenoxy) is 1. The van der Waals surface area contributed by atoms with Gasteiger partial charge in [-0.1, -0.05) is 107 Å². The third-order valence-corrected chi connectivity index (χ3v) is 14.1. The average molecular weight is 535 g/mol. The van der Waals surface area contributed by atoms with Gasteiger partial charge in [0.15, 0.2) is 0 Å². The maximum atomic E-state index is 13.6. The Morgan fingerprint density at radius 2 is 1.38 bits per heavy atom. The van der Waals surface area contributed by atoms with Gasteiger partial charge in [-0.15, -0.1) is 0 Å². The van der Waals surface area contributed by atoms with Gasteiger partial charge in [0.25, 0.3) is 8.32 Å². The van der Waals surface area contributed by atoms with Crippen molar-refractivity contribution < 1.29 is 17.6 Å². The van der Waals surface area contributed by atoms with Gasteiger partial charge in [-0.05, 0) is 46.8 Å². The molecule has 0 fully saturated rings. The summed E-state index contributed by atoms with van der Waals surface area (Å²) in [6, 6.07) is 29.7. The summed E-state index contributed by atoms with van der Waals surface area (Å²) in [5.41, 5.74) is 0. The predicted octanol–water partition coefficient (Wildman–Crippen LogP) is 6.23. The number of sulfone groups is 1. The Bertz CT molecular complexity index is 1260. The molecule has 0 radical (unpaired) electrons. The second-order valence-electron chi connectivity index (χ2n) is 10.7. The van der Waals surface area contributed by atoms with Crippen LogP contribution in [0, 0.1) is 0 Å². The molecule has 0 aromatic heterocycles. The normalized spacial score (nSPS) is 17.2. The van der Waals surface area contributed by atoms with E-state index >= 15 is 0 Å². The van der Waals surface area contributed by atoms with E-state index < -0.39 is 18.2 Å². The van der Waals surface area contributed by atoms with Crippen LogP contribution in [0.5, 0.6) is 0 Å². The van der Waals surface area contributed by atoms with Gasteiger partial charge < -0.3 is 9.16 Å². The molecule has 3 aromatic carbocycles. The number of rotatable bonds is 8. The number of hydrogen-bond acceptors (Lipinski definition) is 4. The first kappa shape index (κ1) is 27.4. The minimum atomic E-state index is -3.65. The zero-order chi connectivity index (χ0) is 26.5. The van der Waals surface area contributed by atoms with Crippen molar-refractivity contribution in [2.75, 3.05) is 6.61 Å². The summed E-state index contributed by atoms with van der Waals surface area (Å²) < 4.78 is 40.9. The van der Waals surface area contributed by atoms with Gasteiger partial charge in [0, 0.05) is 6.42 Å². The molecule has 4 nitrogen and oxygen atoms in total. The molecule has 0 unspecified atom stereocenters. The first-order valence-corrected chi connectivity index (χ1v) is 16.5. The van der Waals surface area contributed by atoms with Crippen molar-refractivity contribution in [3.63, 3.8) is 0 Å². The molecule has 0 aliphatic carbocycles. The fourth-order valence-electron chi connectivity index (χ4n) is 5.29. The fourth-order valence-corrected chi connectivity index (χ4v) is 11.6. The van der Waals surface area contributed by atoms with E-state index in [0.29, 0.717) is 41.4 Å². The topological polar surface area (TPSA) is 52.6 Å². The zero-order valence-corrected chi connectivity index (χ0v) is 24.1. The first-order chi connectivity index (χ1) is 17.7. The lowest BCUT2D eigenvalue weighted by molar-refractivity contribution is 0.0808. The van der Waals surface area contributed by atoms with E-state index in [0.717, 1.165) is 6.42 Å². The van der Waals surface area contributed by atoms with Crippen molar-refractivity contribution in [1.29, 1.82) is 0 Å².